The van der Waals surface area contributed by atoms with E-state index in [1.807, 2.05) is 44.2 Å². The van der Waals surface area contributed by atoms with Gasteiger partial charge in [-0.1, -0.05) is 48.0 Å². The third-order valence-corrected chi connectivity index (χ3v) is 5.82. The van der Waals surface area contributed by atoms with E-state index in [4.69, 9.17) is 4.74 Å². The van der Waals surface area contributed by atoms with Crippen molar-refractivity contribution in [3.8, 4) is 17.0 Å². The summed E-state index contributed by atoms with van der Waals surface area (Å²) in [6.45, 7) is 6.06. The van der Waals surface area contributed by atoms with E-state index in [9.17, 15) is 8.42 Å². The van der Waals surface area contributed by atoms with Crippen LogP contribution in [0.3, 0.4) is 0 Å². The van der Waals surface area contributed by atoms with E-state index >= 15 is 0 Å². The first-order valence-corrected chi connectivity index (χ1v) is 9.62. The number of hydrogen-bond donors (Lipinski definition) is 0. The maximum Gasteiger partial charge on any atom is 0.268 e. The van der Waals surface area contributed by atoms with E-state index in [0.29, 0.717) is 23.7 Å². The zero-order valence-electron chi connectivity index (χ0n) is 14.6. The number of aromatic nitrogens is 1. The normalized spacial score (nSPS) is 11.5. The summed E-state index contributed by atoms with van der Waals surface area (Å²) in [6.07, 6.45) is 0. The van der Waals surface area contributed by atoms with Gasteiger partial charge in [0.1, 0.15) is 11.4 Å². The average molecular weight is 355 g/mol. The molecule has 0 aliphatic carbocycles. The summed E-state index contributed by atoms with van der Waals surface area (Å²) >= 11 is 0. The number of benzene rings is 2. The highest BCUT2D eigenvalue weighted by atomic mass is 32.2. The lowest BCUT2D eigenvalue weighted by Gasteiger charge is -2.14. The lowest BCUT2D eigenvalue weighted by Crippen LogP contribution is -2.15. The summed E-state index contributed by atoms with van der Waals surface area (Å²) in [5.41, 5.74) is 2.99. The van der Waals surface area contributed by atoms with E-state index in [0.717, 1.165) is 11.1 Å². The highest BCUT2D eigenvalue weighted by Crippen LogP contribution is 2.36. The Balaban J connectivity index is 2.27. The molecule has 0 bridgehead atoms. The van der Waals surface area contributed by atoms with Gasteiger partial charge in [0.25, 0.3) is 10.0 Å². The molecule has 1 aromatic heterocycles. The molecule has 0 atom stereocenters. The molecule has 25 heavy (non-hydrogen) atoms. The summed E-state index contributed by atoms with van der Waals surface area (Å²) in [5.74, 6) is 0.571. The van der Waals surface area contributed by atoms with E-state index in [1.165, 1.54) is 3.97 Å². The van der Waals surface area contributed by atoms with Gasteiger partial charge in [0, 0.05) is 17.3 Å². The Morgan fingerprint density at radius 2 is 1.60 bits per heavy atom. The predicted octanol–water partition coefficient (Wildman–Crippen LogP) is 4.41. The fraction of sp³-hybridized carbons (Fsp3) is 0.200. The van der Waals surface area contributed by atoms with Crippen LogP contribution in [0.4, 0.5) is 0 Å². The van der Waals surface area contributed by atoms with Gasteiger partial charge in [-0.2, -0.15) is 0 Å². The lowest BCUT2D eigenvalue weighted by molar-refractivity contribution is 0.342. The van der Waals surface area contributed by atoms with Crippen LogP contribution in [0.15, 0.2) is 65.6 Å². The minimum absolute atomic E-state index is 0.261. The van der Waals surface area contributed by atoms with E-state index in [-0.39, 0.29) is 4.90 Å². The molecular weight excluding hydrogens is 334 g/mol. The third-order valence-electron chi connectivity index (χ3n) is 4.00. The van der Waals surface area contributed by atoms with Crippen molar-refractivity contribution in [2.75, 3.05) is 6.61 Å². The summed E-state index contributed by atoms with van der Waals surface area (Å²) in [7, 11) is -3.73. The third kappa shape index (κ3) is 3.20. The number of aryl methyl sites for hydroxylation is 2. The number of rotatable bonds is 5. The van der Waals surface area contributed by atoms with E-state index in [2.05, 4.69) is 0 Å². The fourth-order valence-corrected chi connectivity index (χ4v) is 4.40. The van der Waals surface area contributed by atoms with Gasteiger partial charge in [-0.3, -0.25) is 0 Å². The Morgan fingerprint density at radius 3 is 2.20 bits per heavy atom. The highest BCUT2D eigenvalue weighted by molar-refractivity contribution is 7.90. The van der Waals surface area contributed by atoms with Crippen LogP contribution in [0, 0.1) is 13.8 Å². The molecular formula is C20H21NO3S. The van der Waals surface area contributed by atoms with Crippen LogP contribution < -0.4 is 4.74 Å². The van der Waals surface area contributed by atoms with Crippen LogP contribution in [-0.2, 0) is 10.0 Å². The second-order valence-corrected chi connectivity index (χ2v) is 7.67. The van der Waals surface area contributed by atoms with E-state index < -0.39 is 10.0 Å². The Kier molecular flexibility index (Phi) is 4.68. The molecule has 0 amide bonds. The van der Waals surface area contributed by atoms with Crippen LogP contribution in [0.1, 0.15) is 18.2 Å². The smallest absolute Gasteiger partial charge is 0.268 e. The molecule has 0 spiro atoms. The number of hydrogen-bond acceptors (Lipinski definition) is 3. The molecule has 0 unspecified atom stereocenters. The topological polar surface area (TPSA) is 48.3 Å². The average Bonchev–Trinajstić information content (AvgIpc) is 2.93. The second kappa shape index (κ2) is 6.76. The first-order valence-electron chi connectivity index (χ1n) is 8.18. The molecule has 0 fully saturated rings. The van der Waals surface area contributed by atoms with Crippen molar-refractivity contribution in [1.82, 2.24) is 3.97 Å². The van der Waals surface area contributed by atoms with Crippen molar-refractivity contribution < 1.29 is 13.2 Å². The second-order valence-electron chi connectivity index (χ2n) is 5.88. The maximum absolute atomic E-state index is 13.3. The summed E-state index contributed by atoms with van der Waals surface area (Å²) < 4.78 is 33.7. The van der Waals surface area contributed by atoms with Crippen LogP contribution >= 0.6 is 0 Å². The van der Waals surface area contributed by atoms with Gasteiger partial charge in [-0.15, -0.1) is 0 Å². The van der Waals surface area contributed by atoms with Crippen molar-refractivity contribution in [1.29, 1.82) is 0 Å². The molecule has 5 heteroatoms. The number of nitrogens with zero attached hydrogens (tertiary/aromatic N) is 1. The van der Waals surface area contributed by atoms with Gasteiger partial charge in [-0.05, 0) is 32.9 Å². The first kappa shape index (κ1) is 17.3. The lowest BCUT2D eigenvalue weighted by atomic mass is 10.1. The molecule has 0 N–H and O–H groups in total. The van der Waals surface area contributed by atoms with Gasteiger partial charge in [0.15, 0.2) is 0 Å². The molecule has 0 saturated heterocycles. The molecule has 4 nitrogen and oxygen atoms in total. The van der Waals surface area contributed by atoms with Gasteiger partial charge in [0.05, 0.1) is 11.5 Å². The molecule has 0 saturated carbocycles. The van der Waals surface area contributed by atoms with Crippen molar-refractivity contribution in [3.05, 3.63) is 71.9 Å². The van der Waals surface area contributed by atoms with Crippen LogP contribution in [-0.4, -0.2) is 19.0 Å². The van der Waals surface area contributed by atoms with Crippen molar-refractivity contribution in [3.63, 3.8) is 0 Å². The zero-order valence-corrected chi connectivity index (χ0v) is 15.4. The molecule has 0 radical (unpaired) electrons. The summed E-state index contributed by atoms with van der Waals surface area (Å²) in [4.78, 5) is 0.261. The van der Waals surface area contributed by atoms with Crippen molar-refractivity contribution in [2.24, 2.45) is 0 Å². The van der Waals surface area contributed by atoms with E-state index in [1.54, 1.807) is 37.3 Å². The Morgan fingerprint density at radius 1 is 0.960 bits per heavy atom. The largest absolute Gasteiger partial charge is 0.492 e. The SMILES string of the molecule is CCOc1cc(C)n(S(=O)(=O)c2ccc(C)cc2)c1-c1ccccc1. The molecule has 1 heterocycles. The minimum atomic E-state index is -3.73. The van der Waals surface area contributed by atoms with Gasteiger partial charge in [0.2, 0.25) is 0 Å². The van der Waals surface area contributed by atoms with Crippen LogP contribution in [0.5, 0.6) is 5.75 Å². The van der Waals surface area contributed by atoms with Crippen LogP contribution in [0.2, 0.25) is 0 Å². The van der Waals surface area contributed by atoms with Crippen LogP contribution in [0.25, 0.3) is 11.3 Å². The molecule has 3 aromatic rings. The van der Waals surface area contributed by atoms with Crippen molar-refractivity contribution in [2.45, 2.75) is 25.7 Å². The van der Waals surface area contributed by atoms with Gasteiger partial charge in [-0.25, -0.2) is 12.4 Å². The van der Waals surface area contributed by atoms with Gasteiger partial charge < -0.3 is 4.74 Å². The Labute approximate surface area is 148 Å². The summed E-state index contributed by atoms with van der Waals surface area (Å²) in [6, 6.07) is 18.1. The molecule has 2 aromatic carbocycles. The molecule has 0 aliphatic heterocycles. The molecule has 130 valence electrons. The molecule has 3 rings (SSSR count). The Hall–Kier alpha value is -2.53. The fourth-order valence-electron chi connectivity index (χ4n) is 2.84. The molecule has 0 aliphatic rings. The summed E-state index contributed by atoms with van der Waals surface area (Å²) in [5, 5.41) is 0. The standard InChI is InChI=1S/C20H21NO3S/c1-4-24-19-14-16(3)21(20(19)17-8-6-5-7-9-17)25(22,23)18-12-10-15(2)11-13-18/h5-14H,4H2,1-3H3. The van der Waals surface area contributed by atoms with Gasteiger partial charge >= 0.3 is 0 Å². The highest BCUT2D eigenvalue weighted by Gasteiger charge is 2.26. The minimum Gasteiger partial charge on any atom is -0.492 e. The zero-order chi connectivity index (χ0) is 18.0. The monoisotopic (exact) mass is 355 g/mol. The quantitative estimate of drug-likeness (QED) is 0.681. The maximum atomic E-state index is 13.3. The Bertz CT molecular complexity index is 972. The van der Waals surface area contributed by atoms with Crippen molar-refractivity contribution >= 4 is 10.0 Å². The number of ether oxygens (including phenoxy) is 1. The predicted molar refractivity (Wildman–Crippen MR) is 99.5 cm³/mol. The first-order chi connectivity index (χ1) is 11.9.